The van der Waals surface area contributed by atoms with Gasteiger partial charge in [0.2, 0.25) is 0 Å². The van der Waals surface area contributed by atoms with Crippen molar-refractivity contribution in [3.8, 4) is 5.69 Å². The minimum absolute atomic E-state index is 0.255. The summed E-state index contributed by atoms with van der Waals surface area (Å²) in [7, 11) is 0. The SMILES string of the molecule is CCn1c(C2CC2)c(N)c(=O)n1-c1cccc(F)c1. The van der Waals surface area contributed by atoms with E-state index in [2.05, 4.69) is 0 Å². The average molecular weight is 261 g/mol. The standard InChI is InChI=1S/C14H16FN3O/c1-2-17-13(9-6-7-9)12(16)14(19)18(17)11-5-3-4-10(15)8-11/h3-5,8-9H,2,6-7,16H2,1H3. The minimum Gasteiger partial charge on any atom is -0.393 e. The van der Waals surface area contributed by atoms with Crippen LogP contribution in [0.2, 0.25) is 0 Å². The van der Waals surface area contributed by atoms with Crippen molar-refractivity contribution < 1.29 is 4.39 Å². The first-order valence-electron chi connectivity index (χ1n) is 6.50. The molecule has 2 N–H and O–H groups in total. The quantitative estimate of drug-likeness (QED) is 0.921. The zero-order valence-corrected chi connectivity index (χ0v) is 10.8. The summed E-state index contributed by atoms with van der Waals surface area (Å²) < 4.78 is 16.7. The van der Waals surface area contributed by atoms with Gasteiger partial charge in [-0.1, -0.05) is 6.07 Å². The Balaban J connectivity index is 2.26. The van der Waals surface area contributed by atoms with E-state index >= 15 is 0 Å². The largest absolute Gasteiger partial charge is 0.393 e. The van der Waals surface area contributed by atoms with Crippen molar-refractivity contribution in [3.63, 3.8) is 0 Å². The maximum Gasteiger partial charge on any atom is 0.294 e. The van der Waals surface area contributed by atoms with Gasteiger partial charge in [0.25, 0.3) is 5.56 Å². The summed E-state index contributed by atoms with van der Waals surface area (Å²) in [4.78, 5) is 12.3. The third-order valence-electron chi connectivity index (χ3n) is 3.53. The summed E-state index contributed by atoms with van der Waals surface area (Å²) in [5.41, 5.74) is 7.41. The van der Waals surface area contributed by atoms with Gasteiger partial charge in [-0.05, 0) is 38.0 Å². The van der Waals surface area contributed by atoms with Crippen LogP contribution in [0, 0.1) is 5.82 Å². The van der Waals surface area contributed by atoms with Gasteiger partial charge in [-0.3, -0.25) is 9.48 Å². The first kappa shape index (κ1) is 12.0. The van der Waals surface area contributed by atoms with E-state index in [1.54, 1.807) is 12.1 Å². The van der Waals surface area contributed by atoms with Crippen LogP contribution in [0.3, 0.4) is 0 Å². The zero-order chi connectivity index (χ0) is 13.6. The normalized spacial score (nSPS) is 14.8. The molecule has 0 saturated heterocycles. The first-order chi connectivity index (χ1) is 9.13. The van der Waals surface area contributed by atoms with Crippen molar-refractivity contribution >= 4 is 5.69 Å². The lowest BCUT2D eigenvalue weighted by Crippen LogP contribution is -2.22. The molecule has 0 unspecified atom stereocenters. The fraction of sp³-hybridized carbons (Fsp3) is 0.357. The van der Waals surface area contributed by atoms with Crippen LogP contribution >= 0.6 is 0 Å². The van der Waals surface area contributed by atoms with E-state index in [4.69, 9.17) is 5.73 Å². The highest BCUT2D eigenvalue weighted by molar-refractivity contribution is 5.48. The maximum atomic E-state index is 13.3. The number of rotatable bonds is 3. The van der Waals surface area contributed by atoms with Gasteiger partial charge in [-0.15, -0.1) is 0 Å². The highest BCUT2D eigenvalue weighted by Crippen LogP contribution is 2.42. The van der Waals surface area contributed by atoms with Crippen LogP contribution in [-0.2, 0) is 6.54 Å². The fourth-order valence-corrected chi connectivity index (χ4v) is 2.54. The molecule has 0 spiro atoms. The molecule has 1 saturated carbocycles. The molecule has 19 heavy (non-hydrogen) atoms. The van der Waals surface area contributed by atoms with Crippen LogP contribution in [0.15, 0.2) is 29.1 Å². The Bertz CT molecular complexity index is 682. The number of benzene rings is 1. The van der Waals surface area contributed by atoms with Crippen molar-refractivity contribution in [1.82, 2.24) is 9.36 Å². The maximum absolute atomic E-state index is 13.3. The molecule has 3 rings (SSSR count). The van der Waals surface area contributed by atoms with Gasteiger partial charge in [0.1, 0.15) is 11.5 Å². The van der Waals surface area contributed by atoms with E-state index in [1.165, 1.54) is 16.8 Å². The van der Waals surface area contributed by atoms with Crippen LogP contribution in [0.1, 0.15) is 31.4 Å². The molecule has 1 aromatic carbocycles. The lowest BCUT2D eigenvalue weighted by atomic mass is 10.2. The van der Waals surface area contributed by atoms with Gasteiger partial charge in [-0.2, -0.15) is 0 Å². The van der Waals surface area contributed by atoms with Gasteiger partial charge in [0.05, 0.1) is 11.4 Å². The predicted molar refractivity (Wildman–Crippen MR) is 72.0 cm³/mol. The van der Waals surface area contributed by atoms with E-state index in [1.807, 2.05) is 11.6 Å². The molecule has 0 atom stereocenters. The number of aromatic nitrogens is 2. The number of nitrogens with zero attached hydrogens (tertiary/aromatic N) is 2. The number of hydrogen-bond acceptors (Lipinski definition) is 2. The summed E-state index contributed by atoms with van der Waals surface area (Å²) in [6.07, 6.45) is 2.13. The van der Waals surface area contributed by atoms with Crippen LogP contribution < -0.4 is 11.3 Å². The Morgan fingerprint density at radius 3 is 2.74 bits per heavy atom. The van der Waals surface area contributed by atoms with Crippen LogP contribution in [0.5, 0.6) is 0 Å². The monoisotopic (exact) mass is 261 g/mol. The molecule has 0 amide bonds. The Morgan fingerprint density at radius 2 is 2.16 bits per heavy atom. The van der Waals surface area contributed by atoms with E-state index in [-0.39, 0.29) is 11.4 Å². The van der Waals surface area contributed by atoms with Crippen molar-refractivity contribution in [1.29, 1.82) is 0 Å². The second kappa shape index (κ2) is 4.26. The average Bonchev–Trinajstić information content (AvgIpc) is 3.18. The fourth-order valence-electron chi connectivity index (χ4n) is 2.54. The molecule has 1 fully saturated rings. The van der Waals surface area contributed by atoms with Gasteiger partial charge in [0, 0.05) is 12.5 Å². The second-order valence-electron chi connectivity index (χ2n) is 4.89. The highest BCUT2D eigenvalue weighted by Gasteiger charge is 2.32. The molecule has 0 aliphatic heterocycles. The van der Waals surface area contributed by atoms with Crippen LogP contribution in [-0.4, -0.2) is 9.36 Å². The summed E-state index contributed by atoms with van der Waals surface area (Å²) in [6.45, 7) is 2.59. The molecule has 1 aliphatic rings. The summed E-state index contributed by atoms with van der Waals surface area (Å²) in [5, 5.41) is 0. The molecule has 1 heterocycles. The van der Waals surface area contributed by atoms with E-state index in [0.29, 0.717) is 23.8 Å². The minimum atomic E-state index is -0.361. The van der Waals surface area contributed by atoms with Crippen LogP contribution in [0.4, 0.5) is 10.1 Å². The smallest absolute Gasteiger partial charge is 0.294 e. The Morgan fingerprint density at radius 1 is 1.42 bits per heavy atom. The number of halogens is 1. The molecule has 2 aromatic rings. The molecule has 1 aliphatic carbocycles. The van der Waals surface area contributed by atoms with Gasteiger partial charge < -0.3 is 5.73 Å². The molecule has 0 bridgehead atoms. The molecular weight excluding hydrogens is 245 g/mol. The number of hydrogen-bond donors (Lipinski definition) is 1. The second-order valence-corrected chi connectivity index (χ2v) is 4.89. The molecule has 100 valence electrons. The van der Waals surface area contributed by atoms with E-state index in [0.717, 1.165) is 18.5 Å². The molecular formula is C14H16FN3O. The van der Waals surface area contributed by atoms with E-state index in [9.17, 15) is 9.18 Å². The molecule has 5 heteroatoms. The summed E-state index contributed by atoms with van der Waals surface area (Å²) in [5.74, 6) is 0.0160. The van der Waals surface area contributed by atoms with E-state index < -0.39 is 0 Å². The summed E-state index contributed by atoms with van der Waals surface area (Å²) >= 11 is 0. The Hall–Kier alpha value is -2.04. The van der Waals surface area contributed by atoms with Gasteiger partial charge in [-0.25, -0.2) is 9.07 Å². The van der Waals surface area contributed by atoms with Crippen molar-refractivity contribution in [2.75, 3.05) is 5.73 Å². The highest BCUT2D eigenvalue weighted by atomic mass is 19.1. The van der Waals surface area contributed by atoms with Crippen molar-refractivity contribution in [3.05, 3.63) is 46.1 Å². The Labute approximate surface area is 110 Å². The first-order valence-corrected chi connectivity index (χ1v) is 6.50. The molecule has 4 nitrogen and oxygen atoms in total. The lowest BCUT2D eigenvalue weighted by Gasteiger charge is -2.12. The number of anilines is 1. The van der Waals surface area contributed by atoms with Crippen LogP contribution in [0.25, 0.3) is 5.69 Å². The number of nitrogen functional groups attached to an aromatic ring is 1. The van der Waals surface area contributed by atoms with Gasteiger partial charge in [0.15, 0.2) is 0 Å². The molecule has 0 radical (unpaired) electrons. The van der Waals surface area contributed by atoms with Gasteiger partial charge >= 0.3 is 0 Å². The Kier molecular flexibility index (Phi) is 2.69. The summed E-state index contributed by atoms with van der Waals surface area (Å²) in [6, 6.07) is 6.02. The topological polar surface area (TPSA) is 52.9 Å². The third kappa shape index (κ3) is 1.85. The number of nitrogens with two attached hydrogens (primary N) is 1. The van der Waals surface area contributed by atoms with Crippen molar-refractivity contribution in [2.45, 2.75) is 32.2 Å². The third-order valence-corrected chi connectivity index (χ3v) is 3.53. The lowest BCUT2D eigenvalue weighted by molar-refractivity contribution is 0.545. The van der Waals surface area contributed by atoms with Crippen molar-refractivity contribution in [2.24, 2.45) is 0 Å². The molecule has 1 aromatic heterocycles. The zero-order valence-electron chi connectivity index (χ0n) is 10.8. The predicted octanol–water partition coefficient (Wildman–Crippen LogP) is 2.26.